The Morgan fingerprint density at radius 1 is 1.00 bits per heavy atom. The van der Waals surface area contributed by atoms with Gasteiger partial charge in [0.15, 0.2) is 0 Å². The van der Waals surface area contributed by atoms with E-state index in [0.717, 1.165) is 11.1 Å². The van der Waals surface area contributed by atoms with Crippen molar-refractivity contribution in [3.8, 4) is 0 Å². The number of benzene rings is 1. The van der Waals surface area contributed by atoms with Gasteiger partial charge in [-0.1, -0.05) is 51.8 Å². The van der Waals surface area contributed by atoms with E-state index in [1.807, 2.05) is 13.8 Å². The lowest BCUT2D eigenvalue weighted by Gasteiger charge is -2.07. The Bertz CT molecular complexity index is 552. The molecule has 1 rings (SSSR count). The first kappa shape index (κ1) is 22.4. The maximum absolute atomic E-state index is 8.78. The molecule has 0 unspecified atom stereocenters. The summed E-state index contributed by atoms with van der Waals surface area (Å²) in [5, 5.41) is 8.78. The van der Waals surface area contributed by atoms with Crippen molar-refractivity contribution >= 4 is 23.5 Å². The Kier molecular flexibility index (Phi) is 12.5. The first-order valence-electron chi connectivity index (χ1n) is 7.28. The highest BCUT2D eigenvalue weighted by molar-refractivity contribution is 5.80. The minimum absolute atomic E-state index is 0.0885. The molecule has 4 nitrogen and oxygen atoms in total. The topological polar surface area (TPSA) is 98.3 Å². The molecule has 1 aromatic carbocycles. The van der Waals surface area contributed by atoms with E-state index in [1.54, 1.807) is 37.3 Å². The van der Waals surface area contributed by atoms with Gasteiger partial charge in [-0.05, 0) is 25.1 Å². The van der Waals surface area contributed by atoms with Crippen molar-refractivity contribution in [1.29, 1.82) is 0 Å². The smallest absolute Gasteiger partial charge is 0.117 e. The third kappa shape index (κ3) is 8.21. The van der Waals surface area contributed by atoms with Crippen LogP contribution in [0.5, 0.6) is 0 Å². The SMILES string of the molecule is C=C/C(O)=C\C(N)=C/C.C=Cc1c(N)ccc(N)c1C=C.CC. The molecule has 126 valence electrons. The van der Waals surface area contributed by atoms with Crippen LogP contribution in [0.1, 0.15) is 31.9 Å². The quantitative estimate of drug-likeness (QED) is 0.369. The van der Waals surface area contributed by atoms with Gasteiger partial charge in [-0.25, -0.2) is 0 Å². The molecule has 4 heteroatoms. The number of nitrogen functional groups attached to an aromatic ring is 2. The summed E-state index contributed by atoms with van der Waals surface area (Å²) < 4.78 is 0. The Balaban J connectivity index is 0. The predicted molar refractivity (Wildman–Crippen MR) is 106 cm³/mol. The normalized spacial score (nSPS) is 10.4. The van der Waals surface area contributed by atoms with Crippen molar-refractivity contribution in [1.82, 2.24) is 0 Å². The van der Waals surface area contributed by atoms with Crippen LogP contribution in [0.2, 0.25) is 0 Å². The lowest BCUT2D eigenvalue weighted by Crippen LogP contribution is -1.96. The van der Waals surface area contributed by atoms with Crippen LogP contribution in [0.25, 0.3) is 12.2 Å². The molecule has 23 heavy (non-hydrogen) atoms. The van der Waals surface area contributed by atoms with Gasteiger partial charge in [-0.2, -0.15) is 0 Å². The second-order valence-electron chi connectivity index (χ2n) is 4.04. The number of hydrogen-bond donors (Lipinski definition) is 4. The van der Waals surface area contributed by atoms with E-state index in [1.165, 1.54) is 12.2 Å². The van der Waals surface area contributed by atoms with Crippen LogP contribution in [-0.2, 0) is 0 Å². The van der Waals surface area contributed by atoms with E-state index in [-0.39, 0.29) is 5.76 Å². The molecule has 0 fully saturated rings. The van der Waals surface area contributed by atoms with Crippen LogP contribution in [-0.4, -0.2) is 5.11 Å². The summed E-state index contributed by atoms with van der Waals surface area (Å²) in [4.78, 5) is 0. The monoisotopic (exact) mass is 315 g/mol. The third-order valence-electron chi connectivity index (χ3n) is 2.62. The largest absolute Gasteiger partial charge is 0.508 e. The zero-order chi connectivity index (χ0) is 18.4. The van der Waals surface area contributed by atoms with E-state index in [0.29, 0.717) is 17.1 Å². The maximum Gasteiger partial charge on any atom is 0.117 e. The number of hydrogen-bond acceptors (Lipinski definition) is 4. The molecule has 0 aromatic heterocycles. The molecule has 0 heterocycles. The van der Waals surface area contributed by atoms with Gasteiger partial charge in [0.05, 0.1) is 0 Å². The average molecular weight is 315 g/mol. The molecule has 0 saturated carbocycles. The average Bonchev–Trinajstić information content (AvgIpc) is 2.58. The minimum Gasteiger partial charge on any atom is -0.508 e. The number of allylic oxidation sites excluding steroid dienone is 3. The van der Waals surface area contributed by atoms with Crippen molar-refractivity contribution in [2.75, 3.05) is 11.5 Å². The number of nitrogens with two attached hydrogens (primary N) is 3. The maximum atomic E-state index is 8.78. The second kappa shape index (κ2) is 12.8. The molecule has 0 saturated heterocycles. The highest BCUT2D eigenvalue weighted by atomic mass is 16.3. The number of aliphatic hydroxyl groups is 1. The predicted octanol–water partition coefficient (Wildman–Crippen LogP) is 4.64. The second-order valence-corrected chi connectivity index (χ2v) is 4.04. The molecule has 1 aromatic rings. The summed E-state index contributed by atoms with van der Waals surface area (Å²) in [6, 6.07) is 3.53. The number of aliphatic hydroxyl groups excluding tert-OH is 1. The van der Waals surface area contributed by atoms with Crippen molar-refractivity contribution in [3.05, 3.63) is 72.7 Å². The Morgan fingerprint density at radius 3 is 1.65 bits per heavy atom. The Morgan fingerprint density at radius 2 is 1.39 bits per heavy atom. The molecule has 0 amide bonds. The molecule has 0 aliphatic rings. The van der Waals surface area contributed by atoms with E-state index in [4.69, 9.17) is 22.3 Å². The van der Waals surface area contributed by atoms with Gasteiger partial charge in [0.2, 0.25) is 0 Å². The van der Waals surface area contributed by atoms with Crippen molar-refractivity contribution in [2.24, 2.45) is 5.73 Å². The number of anilines is 2. The van der Waals surface area contributed by atoms with Crippen LogP contribution < -0.4 is 17.2 Å². The van der Waals surface area contributed by atoms with Crippen LogP contribution in [0, 0.1) is 0 Å². The third-order valence-corrected chi connectivity index (χ3v) is 2.62. The van der Waals surface area contributed by atoms with E-state index in [9.17, 15) is 0 Å². The molecule has 7 N–H and O–H groups in total. The molecular formula is C19H29N3O. The summed E-state index contributed by atoms with van der Waals surface area (Å²) >= 11 is 0. The fraction of sp³-hybridized carbons (Fsp3) is 0.158. The first-order valence-corrected chi connectivity index (χ1v) is 7.28. The molecule has 0 spiro atoms. The lowest BCUT2D eigenvalue weighted by molar-refractivity contribution is 0.432. The van der Waals surface area contributed by atoms with Gasteiger partial charge >= 0.3 is 0 Å². The fourth-order valence-corrected chi connectivity index (χ4v) is 1.44. The van der Waals surface area contributed by atoms with Gasteiger partial charge in [0, 0.05) is 34.3 Å². The fourth-order valence-electron chi connectivity index (χ4n) is 1.44. The van der Waals surface area contributed by atoms with E-state index >= 15 is 0 Å². The highest BCUT2D eigenvalue weighted by Gasteiger charge is 2.02. The van der Waals surface area contributed by atoms with E-state index < -0.39 is 0 Å². The zero-order valence-electron chi connectivity index (χ0n) is 14.3. The van der Waals surface area contributed by atoms with Gasteiger partial charge in [0.1, 0.15) is 5.76 Å². The van der Waals surface area contributed by atoms with Gasteiger partial charge < -0.3 is 22.3 Å². The molecular weight excluding hydrogens is 286 g/mol. The van der Waals surface area contributed by atoms with E-state index in [2.05, 4.69) is 19.7 Å². The highest BCUT2D eigenvalue weighted by Crippen LogP contribution is 2.24. The van der Waals surface area contributed by atoms with Crippen molar-refractivity contribution in [3.63, 3.8) is 0 Å². The summed E-state index contributed by atoms with van der Waals surface area (Å²) in [7, 11) is 0. The standard InChI is InChI=1S/C10H12N2.C7H11NO.C2H6/c1-3-7-8(4-2)10(12)6-5-9(7)11;1-3-6(8)5-7(9)4-2;1-2/h3-6H,1-2,11-12H2;3-5,9H,2,8H2,1H3;1-2H3/b;6-3+,7-5+;. The first-order chi connectivity index (χ1) is 10.9. The van der Waals surface area contributed by atoms with Gasteiger partial charge in [-0.15, -0.1) is 0 Å². The molecule has 0 aliphatic carbocycles. The Hall–Kier alpha value is -2.88. The molecule has 0 radical (unpaired) electrons. The molecule has 0 aliphatic heterocycles. The summed E-state index contributed by atoms with van der Waals surface area (Å²) in [6.07, 6.45) is 7.83. The van der Waals surface area contributed by atoms with Gasteiger partial charge in [0.25, 0.3) is 0 Å². The van der Waals surface area contributed by atoms with Crippen LogP contribution in [0.4, 0.5) is 11.4 Å². The molecule has 0 bridgehead atoms. The summed E-state index contributed by atoms with van der Waals surface area (Å²) in [6.45, 7) is 16.5. The lowest BCUT2D eigenvalue weighted by atomic mass is 10.0. The van der Waals surface area contributed by atoms with Crippen LogP contribution in [0.15, 0.2) is 61.6 Å². The van der Waals surface area contributed by atoms with Crippen molar-refractivity contribution < 1.29 is 5.11 Å². The number of rotatable bonds is 4. The summed E-state index contributed by atoms with van der Waals surface area (Å²) in [5.41, 5.74) is 20.3. The van der Waals surface area contributed by atoms with Crippen molar-refractivity contribution in [2.45, 2.75) is 20.8 Å². The Labute approximate surface area is 140 Å². The van der Waals surface area contributed by atoms with Gasteiger partial charge in [-0.3, -0.25) is 0 Å². The summed E-state index contributed by atoms with van der Waals surface area (Å²) in [5.74, 6) is 0.0885. The van der Waals surface area contributed by atoms with Crippen LogP contribution >= 0.6 is 0 Å². The minimum atomic E-state index is 0.0885. The zero-order valence-corrected chi connectivity index (χ0v) is 14.3. The van der Waals surface area contributed by atoms with Crippen LogP contribution in [0.3, 0.4) is 0 Å². The molecule has 0 atom stereocenters.